The van der Waals surface area contributed by atoms with Crippen molar-refractivity contribution in [3.8, 4) is 0 Å². The van der Waals surface area contributed by atoms with Crippen LogP contribution in [-0.4, -0.2) is 36.8 Å². The molecule has 0 fully saturated rings. The molecule has 2 unspecified atom stereocenters. The standard InChI is InChI=1S/C12H27NO/c1-6-11(3)8-13(5)9-12(4,7-2)10-14/h11,14H,6-10H2,1-5H3. The Kier molecular flexibility index (Phi) is 6.38. The lowest BCUT2D eigenvalue weighted by molar-refractivity contribution is 0.0899. The summed E-state index contributed by atoms with van der Waals surface area (Å²) in [7, 11) is 2.15. The van der Waals surface area contributed by atoms with Crippen LogP contribution in [0.5, 0.6) is 0 Å². The van der Waals surface area contributed by atoms with Crippen molar-refractivity contribution >= 4 is 0 Å². The van der Waals surface area contributed by atoms with Crippen LogP contribution in [0.4, 0.5) is 0 Å². The minimum Gasteiger partial charge on any atom is -0.396 e. The molecule has 86 valence electrons. The monoisotopic (exact) mass is 201 g/mol. The largest absolute Gasteiger partial charge is 0.396 e. The normalized spacial score (nSPS) is 18.2. The molecule has 1 N–H and O–H groups in total. The molecule has 0 aromatic rings. The summed E-state index contributed by atoms with van der Waals surface area (Å²) in [4.78, 5) is 2.34. The van der Waals surface area contributed by atoms with Crippen molar-refractivity contribution in [2.24, 2.45) is 11.3 Å². The highest BCUT2D eigenvalue weighted by Crippen LogP contribution is 2.21. The van der Waals surface area contributed by atoms with Gasteiger partial charge in [-0.05, 0) is 19.4 Å². The Balaban J connectivity index is 3.96. The van der Waals surface area contributed by atoms with Crippen LogP contribution in [0, 0.1) is 11.3 Å². The van der Waals surface area contributed by atoms with Crippen LogP contribution in [0.15, 0.2) is 0 Å². The summed E-state index contributed by atoms with van der Waals surface area (Å²) in [5.41, 5.74) is 0.0716. The lowest BCUT2D eigenvalue weighted by atomic mass is 9.88. The smallest absolute Gasteiger partial charge is 0.0496 e. The topological polar surface area (TPSA) is 23.5 Å². The molecule has 0 aliphatic heterocycles. The van der Waals surface area contributed by atoms with Crippen LogP contribution in [0.25, 0.3) is 0 Å². The zero-order valence-electron chi connectivity index (χ0n) is 10.5. The third-order valence-corrected chi connectivity index (χ3v) is 3.21. The van der Waals surface area contributed by atoms with E-state index in [0.717, 1.165) is 25.4 Å². The first-order valence-corrected chi connectivity index (χ1v) is 5.76. The van der Waals surface area contributed by atoms with Gasteiger partial charge in [-0.3, -0.25) is 0 Å². The van der Waals surface area contributed by atoms with Gasteiger partial charge in [0.2, 0.25) is 0 Å². The third kappa shape index (κ3) is 4.97. The van der Waals surface area contributed by atoms with Gasteiger partial charge in [-0.25, -0.2) is 0 Å². The van der Waals surface area contributed by atoms with Crippen LogP contribution in [0.2, 0.25) is 0 Å². The SMILES string of the molecule is CCC(C)CN(C)CC(C)(CC)CO. The van der Waals surface area contributed by atoms with E-state index < -0.39 is 0 Å². The van der Waals surface area contributed by atoms with Crippen LogP contribution >= 0.6 is 0 Å². The first-order chi connectivity index (χ1) is 6.47. The maximum absolute atomic E-state index is 9.30. The molecule has 0 bridgehead atoms. The molecule has 0 rings (SSSR count). The number of aliphatic hydroxyl groups excluding tert-OH is 1. The van der Waals surface area contributed by atoms with E-state index in [1.165, 1.54) is 6.42 Å². The van der Waals surface area contributed by atoms with Crippen molar-refractivity contribution < 1.29 is 5.11 Å². The van der Waals surface area contributed by atoms with Crippen molar-refractivity contribution in [3.63, 3.8) is 0 Å². The van der Waals surface area contributed by atoms with Gasteiger partial charge in [-0.1, -0.05) is 34.1 Å². The van der Waals surface area contributed by atoms with Gasteiger partial charge in [0, 0.05) is 25.1 Å². The molecule has 2 heteroatoms. The predicted molar refractivity (Wildman–Crippen MR) is 62.4 cm³/mol. The van der Waals surface area contributed by atoms with Gasteiger partial charge in [-0.2, -0.15) is 0 Å². The number of hydrogen-bond acceptors (Lipinski definition) is 2. The first-order valence-electron chi connectivity index (χ1n) is 5.76. The second-order valence-corrected chi connectivity index (χ2v) is 5.03. The average Bonchev–Trinajstić information content (AvgIpc) is 2.17. The van der Waals surface area contributed by atoms with Crippen molar-refractivity contribution in [3.05, 3.63) is 0 Å². The highest BCUT2D eigenvalue weighted by Gasteiger charge is 2.23. The molecule has 2 atom stereocenters. The Labute approximate surface area is 89.3 Å². The van der Waals surface area contributed by atoms with Gasteiger partial charge >= 0.3 is 0 Å². The predicted octanol–water partition coefficient (Wildman–Crippen LogP) is 2.37. The Morgan fingerprint density at radius 1 is 1.36 bits per heavy atom. The van der Waals surface area contributed by atoms with E-state index in [2.05, 4.69) is 39.6 Å². The van der Waals surface area contributed by atoms with E-state index in [1.807, 2.05) is 0 Å². The Morgan fingerprint density at radius 3 is 2.29 bits per heavy atom. The molecular weight excluding hydrogens is 174 g/mol. The number of nitrogens with zero attached hydrogens (tertiary/aromatic N) is 1. The van der Waals surface area contributed by atoms with Gasteiger partial charge in [0.25, 0.3) is 0 Å². The van der Waals surface area contributed by atoms with E-state index in [-0.39, 0.29) is 12.0 Å². The summed E-state index contributed by atoms with van der Waals surface area (Å²) in [6, 6.07) is 0. The number of hydrogen-bond donors (Lipinski definition) is 1. The fourth-order valence-corrected chi connectivity index (χ4v) is 1.65. The van der Waals surface area contributed by atoms with E-state index in [0.29, 0.717) is 0 Å². The Bertz CT molecular complexity index is 143. The summed E-state index contributed by atoms with van der Waals surface area (Å²) in [6.07, 6.45) is 2.26. The lowest BCUT2D eigenvalue weighted by Gasteiger charge is -2.32. The molecule has 0 amide bonds. The first kappa shape index (κ1) is 13.9. The summed E-state index contributed by atoms with van der Waals surface area (Å²) >= 11 is 0. The fourth-order valence-electron chi connectivity index (χ4n) is 1.65. The molecule has 0 saturated heterocycles. The molecule has 0 aliphatic rings. The summed E-state index contributed by atoms with van der Waals surface area (Å²) in [5, 5.41) is 9.30. The summed E-state index contributed by atoms with van der Waals surface area (Å²) in [6.45, 7) is 11.2. The molecule has 0 spiro atoms. The van der Waals surface area contributed by atoms with Crippen molar-refractivity contribution in [1.29, 1.82) is 0 Å². The Morgan fingerprint density at radius 2 is 1.93 bits per heavy atom. The number of rotatable bonds is 7. The van der Waals surface area contributed by atoms with Crippen LogP contribution in [-0.2, 0) is 0 Å². The minimum absolute atomic E-state index is 0.0716. The molecule has 0 aromatic heterocycles. The van der Waals surface area contributed by atoms with E-state index >= 15 is 0 Å². The van der Waals surface area contributed by atoms with Gasteiger partial charge in [0.1, 0.15) is 0 Å². The van der Waals surface area contributed by atoms with Crippen LogP contribution in [0.1, 0.15) is 40.5 Å². The molecule has 0 radical (unpaired) electrons. The summed E-state index contributed by atoms with van der Waals surface area (Å²) in [5.74, 6) is 0.750. The molecule has 14 heavy (non-hydrogen) atoms. The average molecular weight is 201 g/mol. The zero-order valence-corrected chi connectivity index (χ0v) is 10.5. The molecule has 2 nitrogen and oxygen atoms in total. The zero-order chi connectivity index (χ0) is 11.2. The fraction of sp³-hybridized carbons (Fsp3) is 1.00. The molecule has 0 saturated carbocycles. The second kappa shape index (κ2) is 6.41. The van der Waals surface area contributed by atoms with E-state index in [4.69, 9.17) is 0 Å². The van der Waals surface area contributed by atoms with Crippen molar-refractivity contribution in [2.75, 3.05) is 26.7 Å². The second-order valence-electron chi connectivity index (χ2n) is 5.03. The molecule has 0 aromatic carbocycles. The van der Waals surface area contributed by atoms with Gasteiger partial charge in [0.05, 0.1) is 0 Å². The highest BCUT2D eigenvalue weighted by atomic mass is 16.3. The number of aliphatic hydroxyl groups is 1. The summed E-state index contributed by atoms with van der Waals surface area (Å²) < 4.78 is 0. The third-order valence-electron chi connectivity index (χ3n) is 3.21. The Hall–Kier alpha value is -0.0800. The quantitative estimate of drug-likeness (QED) is 0.683. The molecule has 0 heterocycles. The maximum atomic E-state index is 9.30. The minimum atomic E-state index is 0.0716. The van der Waals surface area contributed by atoms with Gasteiger partial charge < -0.3 is 10.0 Å². The molecule has 0 aliphatic carbocycles. The van der Waals surface area contributed by atoms with Crippen molar-refractivity contribution in [2.45, 2.75) is 40.5 Å². The van der Waals surface area contributed by atoms with Crippen LogP contribution in [0.3, 0.4) is 0 Å². The molecular formula is C12H27NO. The van der Waals surface area contributed by atoms with E-state index in [1.54, 1.807) is 0 Å². The van der Waals surface area contributed by atoms with Crippen molar-refractivity contribution in [1.82, 2.24) is 4.90 Å². The highest BCUT2D eigenvalue weighted by molar-refractivity contribution is 4.75. The van der Waals surface area contributed by atoms with E-state index in [9.17, 15) is 5.11 Å². The van der Waals surface area contributed by atoms with Crippen LogP contribution < -0.4 is 0 Å². The lowest BCUT2D eigenvalue weighted by Crippen LogP contribution is -2.37. The maximum Gasteiger partial charge on any atom is 0.0496 e. The van der Waals surface area contributed by atoms with Gasteiger partial charge in [-0.15, -0.1) is 0 Å². The van der Waals surface area contributed by atoms with Gasteiger partial charge in [0.15, 0.2) is 0 Å².